The van der Waals surface area contributed by atoms with Crippen molar-refractivity contribution in [2.75, 3.05) is 0 Å². The lowest BCUT2D eigenvalue weighted by Gasteiger charge is -1.98. The third-order valence-electron chi connectivity index (χ3n) is 1.55. The molecule has 0 aromatic rings. The SMILES string of the molecule is CC.O=CSC1CCCC1. The van der Waals surface area contributed by atoms with E-state index in [9.17, 15) is 4.79 Å². The summed E-state index contributed by atoms with van der Waals surface area (Å²) in [5.74, 6) is 0. The molecule has 0 bridgehead atoms. The van der Waals surface area contributed by atoms with Crippen molar-refractivity contribution >= 4 is 17.4 Å². The maximum absolute atomic E-state index is 9.92. The Kier molecular flexibility index (Phi) is 7.15. The molecule has 10 heavy (non-hydrogen) atoms. The van der Waals surface area contributed by atoms with Crippen molar-refractivity contribution in [1.29, 1.82) is 0 Å². The third-order valence-corrected chi connectivity index (χ3v) is 2.52. The van der Waals surface area contributed by atoms with Gasteiger partial charge in [0.15, 0.2) is 5.62 Å². The second-order valence-electron chi connectivity index (χ2n) is 2.14. The number of carbonyl (C=O) groups is 1. The first-order valence-corrected chi connectivity index (χ1v) is 4.97. The summed E-state index contributed by atoms with van der Waals surface area (Å²) in [6.07, 6.45) is 5.16. The summed E-state index contributed by atoms with van der Waals surface area (Å²) in [6.45, 7) is 4.00. The maximum atomic E-state index is 9.92. The van der Waals surface area contributed by atoms with Crippen LogP contribution in [0.4, 0.5) is 0 Å². The summed E-state index contributed by atoms with van der Waals surface area (Å²) < 4.78 is 0. The molecule has 0 unspecified atom stereocenters. The van der Waals surface area contributed by atoms with Crippen LogP contribution in [-0.2, 0) is 4.79 Å². The van der Waals surface area contributed by atoms with Crippen molar-refractivity contribution in [3.63, 3.8) is 0 Å². The number of hydrogen-bond acceptors (Lipinski definition) is 2. The highest BCUT2D eigenvalue weighted by Gasteiger charge is 2.13. The Hall–Kier alpha value is 0.0200. The summed E-state index contributed by atoms with van der Waals surface area (Å²) >= 11 is 1.46. The molecular formula is C8H16OS. The van der Waals surface area contributed by atoms with Crippen LogP contribution in [0, 0.1) is 0 Å². The summed E-state index contributed by atoms with van der Waals surface area (Å²) in [7, 11) is 0. The lowest BCUT2D eigenvalue weighted by Crippen LogP contribution is -1.91. The number of rotatable bonds is 2. The van der Waals surface area contributed by atoms with Crippen molar-refractivity contribution < 1.29 is 4.79 Å². The van der Waals surface area contributed by atoms with Crippen LogP contribution in [0.1, 0.15) is 39.5 Å². The summed E-state index contributed by atoms with van der Waals surface area (Å²) in [5, 5.41) is 0.660. The molecule has 0 N–H and O–H groups in total. The molecule has 0 radical (unpaired) electrons. The largest absolute Gasteiger partial charge is 0.291 e. The van der Waals surface area contributed by atoms with Gasteiger partial charge in [-0.15, -0.1) is 0 Å². The van der Waals surface area contributed by atoms with Crippen molar-refractivity contribution in [3.8, 4) is 0 Å². The minimum Gasteiger partial charge on any atom is -0.291 e. The average Bonchev–Trinajstić information content (AvgIpc) is 2.46. The Labute approximate surface area is 67.6 Å². The van der Waals surface area contributed by atoms with E-state index in [1.54, 1.807) is 0 Å². The van der Waals surface area contributed by atoms with Crippen molar-refractivity contribution in [1.82, 2.24) is 0 Å². The predicted molar refractivity (Wildman–Crippen MR) is 47.9 cm³/mol. The van der Waals surface area contributed by atoms with E-state index < -0.39 is 0 Å². The van der Waals surface area contributed by atoms with Gasteiger partial charge in [0.1, 0.15) is 0 Å². The summed E-state index contributed by atoms with van der Waals surface area (Å²) in [4.78, 5) is 9.92. The predicted octanol–water partition coefficient (Wildman–Crippen LogP) is 2.88. The van der Waals surface area contributed by atoms with E-state index in [0.717, 1.165) is 5.62 Å². The van der Waals surface area contributed by atoms with Gasteiger partial charge in [-0.3, -0.25) is 4.79 Å². The van der Waals surface area contributed by atoms with Gasteiger partial charge in [-0.2, -0.15) is 0 Å². The van der Waals surface area contributed by atoms with Gasteiger partial charge < -0.3 is 0 Å². The van der Waals surface area contributed by atoms with Gasteiger partial charge in [-0.1, -0.05) is 38.5 Å². The highest BCUT2D eigenvalue weighted by Crippen LogP contribution is 2.27. The molecule has 0 aliphatic heterocycles. The maximum Gasteiger partial charge on any atom is 0.176 e. The number of thioether (sulfide) groups is 1. The Morgan fingerprint density at radius 1 is 1.30 bits per heavy atom. The zero-order valence-corrected chi connectivity index (χ0v) is 7.62. The zero-order chi connectivity index (χ0) is 7.82. The Morgan fingerprint density at radius 3 is 2.20 bits per heavy atom. The molecule has 0 atom stereocenters. The van der Waals surface area contributed by atoms with Gasteiger partial charge in [0.05, 0.1) is 0 Å². The minimum atomic E-state index is 0.660. The molecule has 0 aromatic carbocycles. The normalized spacial score (nSPS) is 17.8. The lowest BCUT2D eigenvalue weighted by molar-refractivity contribution is 0.569. The van der Waals surface area contributed by atoms with Crippen molar-refractivity contribution in [3.05, 3.63) is 0 Å². The molecule has 0 aromatic heterocycles. The monoisotopic (exact) mass is 160 g/mol. The van der Waals surface area contributed by atoms with E-state index in [1.807, 2.05) is 13.8 Å². The van der Waals surface area contributed by atoms with E-state index in [2.05, 4.69) is 0 Å². The number of hydrogen-bond donors (Lipinski definition) is 0. The molecule has 0 amide bonds. The quantitative estimate of drug-likeness (QED) is 0.578. The summed E-state index contributed by atoms with van der Waals surface area (Å²) in [5.41, 5.74) is 0.968. The highest BCUT2D eigenvalue weighted by molar-refractivity contribution is 8.12. The van der Waals surface area contributed by atoms with Crippen LogP contribution >= 0.6 is 11.8 Å². The van der Waals surface area contributed by atoms with E-state index >= 15 is 0 Å². The first-order chi connectivity index (χ1) is 4.93. The number of carbonyl (C=O) groups excluding carboxylic acids is 1. The molecule has 1 fully saturated rings. The van der Waals surface area contributed by atoms with Crippen LogP contribution in [0.15, 0.2) is 0 Å². The molecule has 1 nitrogen and oxygen atoms in total. The fourth-order valence-corrected chi connectivity index (χ4v) is 1.87. The van der Waals surface area contributed by atoms with Crippen LogP contribution in [0.3, 0.4) is 0 Å². The highest BCUT2D eigenvalue weighted by atomic mass is 32.2. The Balaban J connectivity index is 0.000000371. The van der Waals surface area contributed by atoms with Gasteiger partial charge in [0.2, 0.25) is 0 Å². The second kappa shape index (κ2) is 7.13. The van der Waals surface area contributed by atoms with Crippen LogP contribution in [0.5, 0.6) is 0 Å². The van der Waals surface area contributed by atoms with E-state index in [1.165, 1.54) is 37.4 Å². The average molecular weight is 160 g/mol. The molecule has 1 aliphatic carbocycles. The summed E-state index contributed by atoms with van der Waals surface area (Å²) in [6, 6.07) is 0. The van der Waals surface area contributed by atoms with Crippen LogP contribution < -0.4 is 0 Å². The Morgan fingerprint density at radius 2 is 1.80 bits per heavy atom. The van der Waals surface area contributed by atoms with Gasteiger partial charge in [0.25, 0.3) is 0 Å². The molecular weight excluding hydrogens is 144 g/mol. The van der Waals surface area contributed by atoms with Crippen molar-refractivity contribution in [2.24, 2.45) is 0 Å². The fraction of sp³-hybridized carbons (Fsp3) is 0.875. The smallest absolute Gasteiger partial charge is 0.176 e. The van der Waals surface area contributed by atoms with Gasteiger partial charge in [-0.25, -0.2) is 0 Å². The second-order valence-corrected chi connectivity index (χ2v) is 3.27. The van der Waals surface area contributed by atoms with E-state index in [0.29, 0.717) is 5.25 Å². The fourth-order valence-electron chi connectivity index (χ4n) is 1.10. The molecule has 1 saturated carbocycles. The van der Waals surface area contributed by atoms with Crippen LogP contribution in [0.2, 0.25) is 0 Å². The minimum absolute atomic E-state index is 0.660. The van der Waals surface area contributed by atoms with E-state index in [4.69, 9.17) is 0 Å². The van der Waals surface area contributed by atoms with E-state index in [-0.39, 0.29) is 0 Å². The zero-order valence-electron chi connectivity index (χ0n) is 6.80. The molecule has 2 heteroatoms. The molecule has 0 spiro atoms. The lowest BCUT2D eigenvalue weighted by atomic mass is 10.4. The molecule has 0 saturated heterocycles. The molecule has 60 valence electrons. The van der Waals surface area contributed by atoms with Gasteiger partial charge in [-0.05, 0) is 12.8 Å². The molecule has 1 aliphatic rings. The van der Waals surface area contributed by atoms with Gasteiger partial charge in [0, 0.05) is 5.25 Å². The Bertz CT molecular complexity index is 77.3. The third kappa shape index (κ3) is 3.94. The first kappa shape index (κ1) is 10.0. The van der Waals surface area contributed by atoms with Crippen LogP contribution in [0.25, 0.3) is 0 Å². The first-order valence-electron chi connectivity index (χ1n) is 4.02. The standard InChI is InChI=1S/C6H10OS.C2H6/c7-5-8-6-3-1-2-4-6;1-2/h5-6H,1-4H2;1-2H3. The molecule has 1 rings (SSSR count). The van der Waals surface area contributed by atoms with Crippen molar-refractivity contribution in [2.45, 2.75) is 44.8 Å². The van der Waals surface area contributed by atoms with Gasteiger partial charge >= 0.3 is 0 Å². The van der Waals surface area contributed by atoms with Crippen LogP contribution in [-0.4, -0.2) is 10.9 Å². The molecule has 0 heterocycles. The topological polar surface area (TPSA) is 17.1 Å².